The first-order valence-corrected chi connectivity index (χ1v) is 12.1. The van der Waals surface area contributed by atoms with Gasteiger partial charge in [-0.25, -0.2) is 15.0 Å². The SMILES string of the molecule is CC.Cc1ccc(C(=O)NC2CCC(c3nc4ncnc(N5CCOCC5)c4[nH]3)N(C)C2)nc1. The largest absolute Gasteiger partial charge is 0.378 e. The molecule has 10 nitrogen and oxygen atoms in total. The lowest BCUT2D eigenvalue weighted by Crippen LogP contribution is -2.47. The molecule has 2 N–H and O–H groups in total. The van der Waals surface area contributed by atoms with E-state index in [1.165, 1.54) is 0 Å². The van der Waals surface area contributed by atoms with Crippen LogP contribution in [0, 0.1) is 6.92 Å². The lowest BCUT2D eigenvalue weighted by Gasteiger charge is -2.36. The molecule has 2 fully saturated rings. The van der Waals surface area contributed by atoms with Gasteiger partial charge >= 0.3 is 0 Å². The molecule has 10 heteroatoms. The van der Waals surface area contributed by atoms with Gasteiger partial charge in [-0.1, -0.05) is 19.9 Å². The number of fused-ring (bicyclic) bond motifs is 1. The van der Waals surface area contributed by atoms with Gasteiger partial charge in [-0.05, 0) is 38.4 Å². The van der Waals surface area contributed by atoms with Crippen molar-refractivity contribution < 1.29 is 9.53 Å². The van der Waals surface area contributed by atoms with E-state index in [0.717, 1.165) is 55.2 Å². The Labute approximate surface area is 200 Å². The fourth-order valence-corrected chi connectivity index (χ4v) is 4.48. The van der Waals surface area contributed by atoms with Crippen LogP contribution in [0.25, 0.3) is 11.2 Å². The highest BCUT2D eigenvalue weighted by Crippen LogP contribution is 2.31. The van der Waals surface area contributed by atoms with E-state index >= 15 is 0 Å². The summed E-state index contributed by atoms with van der Waals surface area (Å²) in [4.78, 5) is 38.4. The van der Waals surface area contributed by atoms with Crippen LogP contribution in [0.3, 0.4) is 0 Å². The van der Waals surface area contributed by atoms with Gasteiger partial charge in [0.2, 0.25) is 0 Å². The van der Waals surface area contributed by atoms with Gasteiger partial charge in [0.15, 0.2) is 11.5 Å². The van der Waals surface area contributed by atoms with Crippen LogP contribution in [0.4, 0.5) is 5.82 Å². The predicted octanol–water partition coefficient (Wildman–Crippen LogP) is 2.48. The molecule has 5 heterocycles. The lowest BCUT2D eigenvalue weighted by atomic mass is 9.98. The van der Waals surface area contributed by atoms with Gasteiger partial charge in [-0.15, -0.1) is 0 Å². The number of imidazole rings is 1. The zero-order chi connectivity index (χ0) is 24.1. The predicted molar refractivity (Wildman–Crippen MR) is 131 cm³/mol. The zero-order valence-electron chi connectivity index (χ0n) is 20.4. The molecule has 0 bridgehead atoms. The van der Waals surface area contributed by atoms with Gasteiger partial charge in [0.1, 0.15) is 23.4 Å². The number of pyridine rings is 1. The Morgan fingerprint density at radius 1 is 1.15 bits per heavy atom. The number of morpholine rings is 1. The van der Waals surface area contributed by atoms with Crippen LogP contribution in [-0.4, -0.2) is 81.7 Å². The zero-order valence-corrected chi connectivity index (χ0v) is 20.4. The number of nitrogens with one attached hydrogen (secondary N) is 2. The summed E-state index contributed by atoms with van der Waals surface area (Å²) in [6, 6.07) is 3.87. The number of aromatic nitrogens is 5. The standard InChI is InChI=1S/C22H28N8O2.C2H6/c1-14-3-5-16(23-11-14)22(31)26-15-4-6-17(29(2)12-15)19-27-18-20(28-19)24-13-25-21(18)30-7-9-32-10-8-30;1-2/h3,5,11,13,15,17H,4,6-10,12H2,1-2H3,(H,26,31)(H,24,25,27,28);1-2H3. The van der Waals surface area contributed by atoms with Crippen LogP contribution in [0.15, 0.2) is 24.7 Å². The Kier molecular flexibility index (Phi) is 7.69. The van der Waals surface area contributed by atoms with Crippen LogP contribution in [0.1, 0.15) is 54.6 Å². The fraction of sp³-hybridized carbons (Fsp3) is 0.542. The van der Waals surface area contributed by atoms with Gasteiger partial charge in [0.25, 0.3) is 5.91 Å². The van der Waals surface area contributed by atoms with E-state index in [4.69, 9.17) is 9.72 Å². The van der Waals surface area contributed by atoms with Crippen molar-refractivity contribution in [3.05, 3.63) is 41.7 Å². The van der Waals surface area contributed by atoms with E-state index in [2.05, 4.69) is 42.1 Å². The third-order valence-corrected chi connectivity index (χ3v) is 6.22. The van der Waals surface area contributed by atoms with Crippen molar-refractivity contribution in [2.75, 3.05) is 44.8 Å². The summed E-state index contributed by atoms with van der Waals surface area (Å²) in [6.45, 7) is 9.70. The van der Waals surface area contributed by atoms with Crippen molar-refractivity contribution in [3.8, 4) is 0 Å². The van der Waals surface area contributed by atoms with E-state index in [1.54, 1.807) is 18.6 Å². The van der Waals surface area contributed by atoms with E-state index in [1.807, 2.05) is 26.8 Å². The fourth-order valence-electron chi connectivity index (χ4n) is 4.48. The highest BCUT2D eigenvalue weighted by Gasteiger charge is 2.31. The number of rotatable bonds is 4. The van der Waals surface area contributed by atoms with Crippen molar-refractivity contribution in [2.24, 2.45) is 0 Å². The van der Waals surface area contributed by atoms with Crippen LogP contribution in [-0.2, 0) is 4.74 Å². The number of ether oxygens (including phenoxy) is 1. The topological polar surface area (TPSA) is 112 Å². The van der Waals surface area contributed by atoms with Crippen molar-refractivity contribution >= 4 is 22.9 Å². The molecule has 0 spiro atoms. The van der Waals surface area contributed by atoms with Gasteiger partial charge in [0.05, 0.1) is 19.3 Å². The second kappa shape index (κ2) is 10.9. The number of likely N-dealkylation sites (tertiary alicyclic amines) is 1. The van der Waals surface area contributed by atoms with Gasteiger partial charge in [-0.2, -0.15) is 0 Å². The van der Waals surface area contributed by atoms with E-state index in [0.29, 0.717) is 24.6 Å². The molecule has 2 saturated heterocycles. The highest BCUT2D eigenvalue weighted by molar-refractivity contribution is 5.92. The van der Waals surface area contributed by atoms with Crippen LogP contribution in [0.2, 0.25) is 0 Å². The number of hydrogen-bond acceptors (Lipinski definition) is 8. The molecule has 182 valence electrons. The maximum atomic E-state index is 12.5. The molecule has 1 amide bonds. The van der Waals surface area contributed by atoms with E-state index < -0.39 is 0 Å². The third-order valence-electron chi connectivity index (χ3n) is 6.22. The normalized spacial score (nSPS) is 21.1. The number of piperidine rings is 1. The average molecular weight is 467 g/mol. The Bertz CT molecular complexity index is 1090. The lowest BCUT2D eigenvalue weighted by molar-refractivity contribution is 0.0874. The first-order valence-electron chi connectivity index (χ1n) is 12.1. The second-order valence-corrected chi connectivity index (χ2v) is 8.54. The first kappa shape index (κ1) is 24.0. The van der Waals surface area contributed by atoms with Crippen LogP contribution >= 0.6 is 0 Å². The minimum Gasteiger partial charge on any atom is -0.378 e. The molecule has 2 atom stereocenters. The van der Waals surface area contributed by atoms with Crippen molar-refractivity contribution in [3.63, 3.8) is 0 Å². The number of carbonyl (C=O) groups is 1. The molecule has 0 saturated carbocycles. The minimum absolute atomic E-state index is 0.0694. The van der Waals surface area contributed by atoms with Crippen molar-refractivity contribution in [2.45, 2.75) is 45.7 Å². The number of hydrogen-bond donors (Lipinski definition) is 2. The maximum absolute atomic E-state index is 12.5. The summed E-state index contributed by atoms with van der Waals surface area (Å²) in [5.74, 6) is 1.64. The summed E-state index contributed by atoms with van der Waals surface area (Å²) >= 11 is 0. The molecule has 2 aliphatic rings. The number of amides is 1. The Morgan fingerprint density at radius 2 is 1.94 bits per heavy atom. The summed E-state index contributed by atoms with van der Waals surface area (Å²) in [5, 5.41) is 3.12. The molecule has 0 radical (unpaired) electrons. The number of anilines is 1. The molecule has 2 unspecified atom stereocenters. The molecular weight excluding hydrogens is 432 g/mol. The Hall–Kier alpha value is -3.11. The molecule has 5 rings (SSSR count). The molecule has 0 aliphatic carbocycles. The van der Waals surface area contributed by atoms with Gasteiger partial charge < -0.3 is 19.9 Å². The number of nitrogens with zero attached hydrogens (tertiary/aromatic N) is 6. The molecule has 2 aliphatic heterocycles. The maximum Gasteiger partial charge on any atom is 0.270 e. The summed E-state index contributed by atoms with van der Waals surface area (Å²) in [5.41, 5.74) is 3.05. The molecular formula is C24H34N8O2. The molecule has 34 heavy (non-hydrogen) atoms. The first-order chi connectivity index (χ1) is 16.6. The molecule has 3 aromatic rings. The number of aryl methyl sites for hydroxylation is 1. The van der Waals surface area contributed by atoms with E-state index in [-0.39, 0.29) is 18.0 Å². The monoisotopic (exact) mass is 466 g/mol. The van der Waals surface area contributed by atoms with Crippen LogP contribution < -0.4 is 10.2 Å². The van der Waals surface area contributed by atoms with Gasteiger partial charge in [0, 0.05) is 31.9 Å². The molecule has 0 aromatic carbocycles. The smallest absolute Gasteiger partial charge is 0.270 e. The third kappa shape index (κ3) is 5.18. The number of likely N-dealkylation sites (N-methyl/N-ethyl adjacent to an activating group) is 1. The van der Waals surface area contributed by atoms with Crippen molar-refractivity contribution in [1.29, 1.82) is 0 Å². The number of carbonyl (C=O) groups excluding carboxylic acids is 1. The second-order valence-electron chi connectivity index (χ2n) is 8.54. The summed E-state index contributed by atoms with van der Waals surface area (Å²) in [6.07, 6.45) is 5.04. The van der Waals surface area contributed by atoms with E-state index in [9.17, 15) is 4.79 Å². The minimum atomic E-state index is -0.129. The summed E-state index contributed by atoms with van der Waals surface area (Å²) in [7, 11) is 2.06. The highest BCUT2D eigenvalue weighted by atomic mass is 16.5. The van der Waals surface area contributed by atoms with Crippen molar-refractivity contribution in [1.82, 2.24) is 35.1 Å². The quantitative estimate of drug-likeness (QED) is 0.603. The average Bonchev–Trinajstić information content (AvgIpc) is 3.30. The Morgan fingerprint density at radius 3 is 2.65 bits per heavy atom. The molecule has 3 aromatic heterocycles. The Balaban J connectivity index is 0.00000133. The van der Waals surface area contributed by atoms with Gasteiger partial charge in [-0.3, -0.25) is 14.7 Å². The number of aromatic amines is 1. The van der Waals surface area contributed by atoms with Crippen LogP contribution in [0.5, 0.6) is 0 Å². The number of H-pyrrole nitrogens is 1. The summed E-state index contributed by atoms with van der Waals surface area (Å²) < 4.78 is 5.47.